The van der Waals surface area contributed by atoms with Gasteiger partial charge in [-0.15, -0.1) is 0 Å². The Bertz CT molecular complexity index is 350. The summed E-state index contributed by atoms with van der Waals surface area (Å²) in [5.74, 6) is -0.532. The van der Waals surface area contributed by atoms with Crippen LogP contribution in [0.5, 0.6) is 0 Å². The molecular weight excluding hydrogens is 206 g/mol. The first-order valence-electron chi connectivity index (χ1n) is 4.54. The van der Waals surface area contributed by atoms with Crippen molar-refractivity contribution in [1.29, 1.82) is 0 Å². The number of aryl methyl sites for hydroxylation is 1. The summed E-state index contributed by atoms with van der Waals surface area (Å²) < 4.78 is 29.9. The van der Waals surface area contributed by atoms with Crippen molar-refractivity contribution in [3.63, 3.8) is 0 Å². The van der Waals surface area contributed by atoms with Crippen molar-refractivity contribution in [2.45, 2.75) is 26.8 Å². The maximum Gasteiger partial charge on any atom is 0.341 e. The monoisotopic (exact) mass is 218 g/mol. The van der Waals surface area contributed by atoms with Crippen molar-refractivity contribution < 1.29 is 18.3 Å². The molecule has 0 fully saturated rings. The van der Waals surface area contributed by atoms with Crippen LogP contribution in [0.4, 0.5) is 8.78 Å². The Labute approximate surface area is 85.8 Å². The fraction of sp³-hybridized carbons (Fsp3) is 0.556. The number of rotatable bonds is 4. The van der Waals surface area contributed by atoms with Gasteiger partial charge in [0.1, 0.15) is 12.1 Å². The van der Waals surface area contributed by atoms with Gasteiger partial charge in [0.2, 0.25) is 0 Å². The van der Waals surface area contributed by atoms with Gasteiger partial charge >= 0.3 is 5.97 Å². The van der Waals surface area contributed by atoms with Crippen LogP contribution in [0.1, 0.15) is 23.0 Å². The standard InChI is InChI=1S/C9H12F2N2O2/c1-3-15-9(14)7-4-13(5-8(10)11)12-6(7)2/h4,8H,3,5H2,1-2H3. The van der Waals surface area contributed by atoms with Crippen LogP contribution in [0, 0.1) is 6.92 Å². The molecule has 0 aromatic carbocycles. The number of ether oxygens (including phenoxy) is 1. The van der Waals surface area contributed by atoms with Crippen molar-refractivity contribution in [2.75, 3.05) is 6.61 Å². The molecule has 0 atom stereocenters. The van der Waals surface area contributed by atoms with Gasteiger partial charge in [-0.3, -0.25) is 4.68 Å². The number of alkyl halides is 2. The third-order valence-electron chi connectivity index (χ3n) is 1.77. The second kappa shape index (κ2) is 4.86. The van der Waals surface area contributed by atoms with E-state index in [1.165, 1.54) is 6.20 Å². The van der Waals surface area contributed by atoms with Crippen LogP contribution in [0.3, 0.4) is 0 Å². The fourth-order valence-corrected chi connectivity index (χ4v) is 1.16. The zero-order chi connectivity index (χ0) is 11.4. The largest absolute Gasteiger partial charge is 0.462 e. The number of carbonyl (C=O) groups excluding carboxylic acids is 1. The molecule has 0 amide bonds. The molecule has 0 aliphatic heterocycles. The lowest BCUT2D eigenvalue weighted by Gasteiger charge is -1.98. The summed E-state index contributed by atoms with van der Waals surface area (Å²) in [4.78, 5) is 11.3. The van der Waals surface area contributed by atoms with E-state index in [9.17, 15) is 13.6 Å². The second-order valence-electron chi connectivity index (χ2n) is 2.96. The van der Waals surface area contributed by atoms with Crippen LogP contribution in [-0.4, -0.2) is 28.8 Å². The van der Waals surface area contributed by atoms with Gasteiger partial charge in [-0.05, 0) is 13.8 Å². The van der Waals surface area contributed by atoms with Crippen molar-refractivity contribution in [3.05, 3.63) is 17.5 Å². The Balaban J connectivity index is 2.81. The highest BCUT2D eigenvalue weighted by Crippen LogP contribution is 2.09. The highest BCUT2D eigenvalue weighted by molar-refractivity contribution is 5.90. The van der Waals surface area contributed by atoms with E-state index >= 15 is 0 Å². The maximum absolute atomic E-state index is 12.0. The summed E-state index contributed by atoms with van der Waals surface area (Å²) in [7, 11) is 0. The molecule has 0 saturated carbocycles. The summed E-state index contributed by atoms with van der Waals surface area (Å²) in [6.07, 6.45) is -1.21. The second-order valence-corrected chi connectivity index (χ2v) is 2.96. The van der Waals surface area contributed by atoms with Gasteiger partial charge in [-0.25, -0.2) is 13.6 Å². The molecule has 0 aliphatic carbocycles. The molecule has 15 heavy (non-hydrogen) atoms. The van der Waals surface area contributed by atoms with E-state index in [-0.39, 0.29) is 12.2 Å². The molecule has 0 N–H and O–H groups in total. The van der Waals surface area contributed by atoms with E-state index in [2.05, 4.69) is 5.10 Å². The molecule has 0 saturated heterocycles. The predicted octanol–water partition coefficient (Wildman–Crippen LogP) is 1.63. The van der Waals surface area contributed by atoms with Crippen LogP contribution in [0.2, 0.25) is 0 Å². The molecule has 1 aromatic heterocycles. The minimum atomic E-state index is -2.49. The molecule has 1 aromatic rings. The molecule has 1 heterocycles. The fourth-order valence-electron chi connectivity index (χ4n) is 1.16. The highest BCUT2D eigenvalue weighted by atomic mass is 19.3. The lowest BCUT2D eigenvalue weighted by Crippen LogP contribution is -2.07. The summed E-state index contributed by atoms with van der Waals surface area (Å²) in [5.41, 5.74) is 0.631. The number of carbonyl (C=O) groups is 1. The Hall–Kier alpha value is -1.46. The van der Waals surface area contributed by atoms with E-state index in [0.29, 0.717) is 5.69 Å². The Morgan fingerprint density at radius 3 is 2.87 bits per heavy atom. The SMILES string of the molecule is CCOC(=O)c1cn(CC(F)F)nc1C. The van der Waals surface area contributed by atoms with Crippen LogP contribution >= 0.6 is 0 Å². The summed E-state index contributed by atoms with van der Waals surface area (Å²) >= 11 is 0. The number of halogens is 2. The van der Waals surface area contributed by atoms with Gasteiger partial charge in [0.05, 0.1) is 12.3 Å². The number of hydrogen-bond acceptors (Lipinski definition) is 3. The van der Waals surface area contributed by atoms with Crippen molar-refractivity contribution in [3.8, 4) is 0 Å². The van der Waals surface area contributed by atoms with Crippen molar-refractivity contribution in [1.82, 2.24) is 9.78 Å². The maximum atomic E-state index is 12.0. The minimum absolute atomic E-state index is 0.234. The van der Waals surface area contributed by atoms with E-state index in [1.54, 1.807) is 13.8 Å². The molecule has 0 unspecified atom stereocenters. The topological polar surface area (TPSA) is 44.1 Å². The van der Waals surface area contributed by atoms with Gasteiger partial charge in [0, 0.05) is 6.20 Å². The first-order chi connectivity index (χ1) is 7.04. The van der Waals surface area contributed by atoms with Crippen LogP contribution in [0.15, 0.2) is 6.20 Å². The van der Waals surface area contributed by atoms with Crippen molar-refractivity contribution >= 4 is 5.97 Å². The highest BCUT2D eigenvalue weighted by Gasteiger charge is 2.15. The Kier molecular flexibility index (Phi) is 3.76. The number of esters is 1. The number of aromatic nitrogens is 2. The van der Waals surface area contributed by atoms with E-state index in [1.807, 2.05) is 0 Å². The van der Waals surface area contributed by atoms with Gasteiger partial charge in [-0.2, -0.15) is 5.10 Å². The van der Waals surface area contributed by atoms with Gasteiger partial charge < -0.3 is 4.74 Å². The first-order valence-corrected chi connectivity index (χ1v) is 4.54. The molecule has 0 bridgehead atoms. The van der Waals surface area contributed by atoms with E-state index in [0.717, 1.165) is 4.68 Å². The van der Waals surface area contributed by atoms with Gasteiger partial charge in [0.25, 0.3) is 6.43 Å². The quantitative estimate of drug-likeness (QED) is 0.721. The zero-order valence-corrected chi connectivity index (χ0v) is 8.54. The Morgan fingerprint density at radius 1 is 1.67 bits per heavy atom. The lowest BCUT2D eigenvalue weighted by atomic mass is 10.3. The average molecular weight is 218 g/mol. The van der Waals surface area contributed by atoms with Crippen LogP contribution < -0.4 is 0 Å². The Morgan fingerprint density at radius 2 is 2.33 bits per heavy atom. The van der Waals surface area contributed by atoms with E-state index < -0.39 is 18.9 Å². The molecule has 1 rings (SSSR count). The van der Waals surface area contributed by atoms with Crippen molar-refractivity contribution in [2.24, 2.45) is 0 Å². The molecule has 0 spiro atoms. The average Bonchev–Trinajstić information content (AvgIpc) is 2.46. The number of hydrogen-bond donors (Lipinski definition) is 0. The normalized spacial score (nSPS) is 10.7. The lowest BCUT2D eigenvalue weighted by molar-refractivity contribution is 0.0525. The summed E-state index contributed by atoms with van der Waals surface area (Å²) in [6, 6.07) is 0. The zero-order valence-electron chi connectivity index (χ0n) is 8.54. The molecule has 4 nitrogen and oxygen atoms in total. The van der Waals surface area contributed by atoms with Crippen LogP contribution in [0.25, 0.3) is 0 Å². The summed E-state index contributed by atoms with van der Waals surface area (Å²) in [5, 5.41) is 3.79. The molecule has 0 radical (unpaired) electrons. The molecular formula is C9H12F2N2O2. The summed E-state index contributed by atoms with van der Waals surface area (Å²) in [6.45, 7) is 2.99. The first kappa shape index (κ1) is 11.6. The third-order valence-corrected chi connectivity index (χ3v) is 1.77. The molecule has 84 valence electrons. The minimum Gasteiger partial charge on any atom is -0.462 e. The smallest absolute Gasteiger partial charge is 0.341 e. The van der Waals surface area contributed by atoms with Crippen LogP contribution in [-0.2, 0) is 11.3 Å². The van der Waals surface area contributed by atoms with Gasteiger partial charge in [-0.1, -0.05) is 0 Å². The predicted molar refractivity (Wildman–Crippen MR) is 48.9 cm³/mol. The van der Waals surface area contributed by atoms with E-state index in [4.69, 9.17) is 4.74 Å². The van der Waals surface area contributed by atoms with Gasteiger partial charge in [0.15, 0.2) is 0 Å². The molecule has 0 aliphatic rings. The third kappa shape index (κ3) is 3.00. The molecule has 6 heteroatoms. The number of nitrogens with zero attached hydrogens (tertiary/aromatic N) is 2.